The maximum Gasteiger partial charge on any atom is 0.323 e. The van der Waals surface area contributed by atoms with E-state index in [1.807, 2.05) is 36.4 Å². The second-order valence-corrected chi connectivity index (χ2v) is 6.34. The second-order valence-electron chi connectivity index (χ2n) is 5.43. The minimum atomic E-state index is -0.329. The van der Waals surface area contributed by atoms with Crippen molar-refractivity contribution in [3.63, 3.8) is 0 Å². The minimum absolute atomic E-state index is 0.282. The van der Waals surface area contributed by atoms with Gasteiger partial charge in [0.05, 0.1) is 6.10 Å². The number of anilines is 2. The summed E-state index contributed by atoms with van der Waals surface area (Å²) >= 11 is 3.36. The number of amides is 2. The zero-order valence-electron chi connectivity index (χ0n) is 12.0. The van der Waals surface area contributed by atoms with Gasteiger partial charge in [-0.15, -0.1) is 0 Å². The molecule has 0 spiro atoms. The fraction of sp³-hybridized carbons (Fsp3) is 0.235. The number of halogens is 1. The van der Waals surface area contributed by atoms with Crippen LogP contribution in [0.2, 0.25) is 0 Å². The maximum absolute atomic E-state index is 12.1. The van der Waals surface area contributed by atoms with E-state index >= 15 is 0 Å². The third-order valence-corrected chi connectivity index (χ3v) is 4.34. The highest BCUT2D eigenvalue weighted by atomic mass is 79.9. The Morgan fingerprint density at radius 3 is 2.68 bits per heavy atom. The number of rotatable bonds is 2. The molecule has 4 nitrogen and oxygen atoms in total. The molecule has 22 heavy (non-hydrogen) atoms. The number of hydrogen-bond acceptors (Lipinski definition) is 2. The quantitative estimate of drug-likeness (QED) is 0.759. The zero-order valence-corrected chi connectivity index (χ0v) is 13.6. The van der Waals surface area contributed by atoms with Gasteiger partial charge >= 0.3 is 6.03 Å². The van der Waals surface area contributed by atoms with Crippen LogP contribution in [0.25, 0.3) is 0 Å². The predicted molar refractivity (Wildman–Crippen MR) is 91.3 cm³/mol. The van der Waals surface area contributed by atoms with Gasteiger partial charge in [0.25, 0.3) is 0 Å². The molecule has 1 aliphatic carbocycles. The molecule has 2 aromatic rings. The van der Waals surface area contributed by atoms with Gasteiger partial charge in [-0.2, -0.15) is 0 Å². The summed E-state index contributed by atoms with van der Waals surface area (Å²) in [5, 5.41) is 15.5. The van der Waals surface area contributed by atoms with Gasteiger partial charge in [0.15, 0.2) is 0 Å². The lowest BCUT2D eigenvalue weighted by Crippen LogP contribution is -2.24. The van der Waals surface area contributed by atoms with Crippen LogP contribution in [-0.4, -0.2) is 17.2 Å². The number of fused-ring (bicyclic) bond motifs is 1. The highest BCUT2D eigenvalue weighted by molar-refractivity contribution is 9.10. The summed E-state index contributed by atoms with van der Waals surface area (Å²) in [6.07, 6.45) is 1.89. The fourth-order valence-electron chi connectivity index (χ4n) is 2.70. The van der Waals surface area contributed by atoms with Crippen molar-refractivity contribution in [2.45, 2.75) is 25.4 Å². The topological polar surface area (TPSA) is 61.4 Å². The van der Waals surface area contributed by atoms with E-state index in [1.54, 1.807) is 0 Å². The van der Waals surface area contributed by atoms with Gasteiger partial charge in [0.2, 0.25) is 0 Å². The van der Waals surface area contributed by atoms with Crippen LogP contribution in [0.15, 0.2) is 46.9 Å². The van der Waals surface area contributed by atoms with Gasteiger partial charge in [-0.25, -0.2) is 4.79 Å². The second kappa shape index (κ2) is 6.50. The fourth-order valence-corrected chi connectivity index (χ4v) is 2.97. The number of hydrogen-bond donors (Lipinski definition) is 3. The summed E-state index contributed by atoms with van der Waals surface area (Å²) in [6, 6.07) is 13.0. The van der Waals surface area contributed by atoms with E-state index in [0.29, 0.717) is 6.42 Å². The molecule has 0 aromatic heterocycles. The Bertz CT molecular complexity index is 686. The van der Waals surface area contributed by atoms with Gasteiger partial charge in [0.1, 0.15) is 0 Å². The van der Waals surface area contributed by atoms with Crippen LogP contribution in [0, 0.1) is 0 Å². The molecule has 2 amide bonds. The third-order valence-electron chi connectivity index (χ3n) is 3.81. The Balaban J connectivity index is 1.73. The van der Waals surface area contributed by atoms with E-state index in [2.05, 4.69) is 32.6 Å². The molecule has 0 aliphatic heterocycles. The number of carbonyl (C=O) groups is 1. The molecule has 5 heteroatoms. The van der Waals surface area contributed by atoms with Crippen molar-refractivity contribution in [3.8, 4) is 0 Å². The number of aryl methyl sites for hydroxylation is 1. The predicted octanol–water partition coefficient (Wildman–Crippen LogP) is 3.94. The largest absolute Gasteiger partial charge is 0.393 e. The molecule has 0 saturated carbocycles. The lowest BCUT2D eigenvalue weighted by molar-refractivity contribution is 0.159. The van der Waals surface area contributed by atoms with Crippen LogP contribution in [-0.2, 0) is 12.8 Å². The molecule has 0 saturated heterocycles. The average molecular weight is 361 g/mol. The molecular weight excluding hydrogens is 344 g/mol. The summed E-state index contributed by atoms with van der Waals surface area (Å²) in [4.78, 5) is 12.1. The summed E-state index contributed by atoms with van der Waals surface area (Å²) in [5.74, 6) is 0. The summed E-state index contributed by atoms with van der Waals surface area (Å²) in [5.41, 5.74) is 3.73. The number of nitrogens with one attached hydrogen (secondary N) is 2. The van der Waals surface area contributed by atoms with Gasteiger partial charge in [-0.05, 0) is 54.3 Å². The summed E-state index contributed by atoms with van der Waals surface area (Å²) in [6.45, 7) is 0. The van der Waals surface area contributed by atoms with Crippen molar-refractivity contribution in [1.29, 1.82) is 0 Å². The number of urea groups is 1. The number of aliphatic hydroxyl groups is 1. The van der Waals surface area contributed by atoms with Crippen LogP contribution in [0.1, 0.15) is 17.5 Å². The van der Waals surface area contributed by atoms with E-state index in [9.17, 15) is 9.90 Å². The van der Waals surface area contributed by atoms with Crippen molar-refractivity contribution < 1.29 is 9.90 Å². The highest BCUT2D eigenvalue weighted by Gasteiger charge is 2.19. The number of benzene rings is 2. The molecule has 0 heterocycles. The Kier molecular flexibility index (Phi) is 4.45. The summed E-state index contributed by atoms with van der Waals surface area (Å²) in [7, 11) is 0. The normalized spacial score (nSPS) is 16.7. The standard InChI is InChI=1S/C17H17BrN2O2/c18-12-5-7-13(8-6-12)19-17(22)20-16-3-1-2-11-4-9-14(21)10-15(11)16/h1-3,5-8,14,21H,4,9-10H2,(H2,19,20,22). The Labute approximate surface area is 137 Å². The lowest BCUT2D eigenvalue weighted by atomic mass is 9.88. The first-order chi connectivity index (χ1) is 10.6. The summed E-state index contributed by atoms with van der Waals surface area (Å²) < 4.78 is 0.963. The first-order valence-corrected chi connectivity index (χ1v) is 8.03. The smallest absolute Gasteiger partial charge is 0.323 e. The van der Waals surface area contributed by atoms with Gasteiger partial charge in [0, 0.05) is 22.3 Å². The van der Waals surface area contributed by atoms with E-state index < -0.39 is 0 Å². The molecule has 2 aromatic carbocycles. The van der Waals surface area contributed by atoms with Crippen LogP contribution < -0.4 is 10.6 Å². The van der Waals surface area contributed by atoms with Crippen LogP contribution >= 0.6 is 15.9 Å². The third kappa shape index (κ3) is 3.48. The van der Waals surface area contributed by atoms with E-state index in [4.69, 9.17) is 0 Å². The van der Waals surface area contributed by atoms with E-state index in [0.717, 1.165) is 34.3 Å². The molecule has 0 bridgehead atoms. The first kappa shape index (κ1) is 15.1. The first-order valence-electron chi connectivity index (χ1n) is 7.24. The van der Waals surface area contributed by atoms with Crippen molar-refractivity contribution in [2.24, 2.45) is 0 Å². The molecule has 3 N–H and O–H groups in total. The molecule has 114 valence electrons. The Morgan fingerprint density at radius 1 is 1.14 bits per heavy atom. The monoisotopic (exact) mass is 360 g/mol. The van der Waals surface area contributed by atoms with Crippen LogP contribution in [0.4, 0.5) is 16.2 Å². The molecule has 3 rings (SSSR count). The SMILES string of the molecule is O=C(Nc1ccc(Br)cc1)Nc1cccc2c1CC(O)CC2. The number of aliphatic hydroxyl groups excluding tert-OH is 1. The van der Waals surface area contributed by atoms with Crippen LogP contribution in [0.5, 0.6) is 0 Å². The molecule has 1 atom stereocenters. The van der Waals surface area contributed by atoms with Crippen molar-refractivity contribution in [3.05, 3.63) is 58.1 Å². The molecule has 0 radical (unpaired) electrons. The zero-order chi connectivity index (χ0) is 15.5. The van der Waals surface area contributed by atoms with Gasteiger partial charge < -0.3 is 15.7 Å². The number of carbonyl (C=O) groups excluding carboxylic acids is 1. The van der Waals surface area contributed by atoms with E-state index in [1.165, 1.54) is 5.56 Å². The highest BCUT2D eigenvalue weighted by Crippen LogP contribution is 2.28. The van der Waals surface area contributed by atoms with Crippen LogP contribution in [0.3, 0.4) is 0 Å². The van der Waals surface area contributed by atoms with E-state index in [-0.39, 0.29) is 12.1 Å². The van der Waals surface area contributed by atoms with Gasteiger partial charge in [-0.1, -0.05) is 28.1 Å². The lowest BCUT2D eigenvalue weighted by Gasteiger charge is -2.23. The van der Waals surface area contributed by atoms with Crippen molar-refractivity contribution >= 4 is 33.3 Å². The molecular formula is C17H17BrN2O2. The average Bonchev–Trinajstić information content (AvgIpc) is 2.50. The van der Waals surface area contributed by atoms with Crippen molar-refractivity contribution in [1.82, 2.24) is 0 Å². The minimum Gasteiger partial charge on any atom is -0.393 e. The molecule has 1 aliphatic rings. The Hall–Kier alpha value is -1.85. The maximum atomic E-state index is 12.1. The molecule has 1 unspecified atom stereocenters. The molecule has 0 fully saturated rings. The van der Waals surface area contributed by atoms with Gasteiger partial charge in [-0.3, -0.25) is 0 Å². The van der Waals surface area contributed by atoms with Crippen molar-refractivity contribution in [2.75, 3.05) is 10.6 Å². The Morgan fingerprint density at radius 2 is 1.91 bits per heavy atom.